The van der Waals surface area contributed by atoms with Gasteiger partial charge in [0.2, 0.25) is 0 Å². The molecule has 0 saturated carbocycles. The van der Waals surface area contributed by atoms with Gasteiger partial charge in [-0.15, -0.1) is 0 Å². The second-order valence-corrected chi connectivity index (χ2v) is 5.50. The van der Waals surface area contributed by atoms with E-state index < -0.39 is 0 Å². The molecule has 0 aliphatic heterocycles. The fourth-order valence-corrected chi connectivity index (χ4v) is 2.25. The number of nitrogens with one attached hydrogen (secondary N) is 2. The zero-order chi connectivity index (χ0) is 15.2. The summed E-state index contributed by atoms with van der Waals surface area (Å²) in [5, 5.41) is 13.0. The molecule has 5 N–H and O–H groups in total. The third-order valence-electron chi connectivity index (χ3n) is 4.06. The number of nitrogen functional groups attached to an aromatic ring is 1. The normalized spacial score (nSPS) is 11.8. The second kappa shape index (κ2) is 7.40. The third-order valence-corrected chi connectivity index (χ3v) is 4.06. The standard InChI is InChI=1S/C14H27N5O/c1-5-14(6-2,8-20)7-16-12-11(10(3)4)13(19-15)18-9-17-12/h9-10,20H,5-8,15H2,1-4H3,(H2,16,17,18,19). The van der Waals surface area contributed by atoms with E-state index >= 15 is 0 Å². The van der Waals surface area contributed by atoms with E-state index in [1.54, 1.807) is 0 Å². The monoisotopic (exact) mass is 281 g/mol. The Hall–Kier alpha value is -1.40. The molecule has 1 aromatic heterocycles. The number of nitrogens with zero attached hydrogens (tertiary/aromatic N) is 2. The summed E-state index contributed by atoms with van der Waals surface area (Å²) in [4.78, 5) is 8.46. The van der Waals surface area contributed by atoms with Gasteiger partial charge in [0.1, 0.15) is 18.0 Å². The van der Waals surface area contributed by atoms with Gasteiger partial charge in [0, 0.05) is 17.5 Å². The van der Waals surface area contributed by atoms with Crippen molar-refractivity contribution in [1.82, 2.24) is 9.97 Å². The molecule has 0 bridgehead atoms. The van der Waals surface area contributed by atoms with Crippen molar-refractivity contribution in [3.8, 4) is 0 Å². The molecule has 0 aliphatic rings. The third kappa shape index (κ3) is 3.58. The van der Waals surface area contributed by atoms with Crippen LogP contribution in [0.15, 0.2) is 6.33 Å². The lowest BCUT2D eigenvalue weighted by atomic mass is 9.83. The van der Waals surface area contributed by atoms with Crippen LogP contribution >= 0.6 is 0 Å². The van der Waals surface area contributed by atoms with Crippen molar-refractivity contribution in [2.45, 2.75) is 46.5 Å². The maximum absolute atomic E-state index is 9.63. The van der Waals surface area contributed by atoms with Crippen LogP contribution in [0, 0.1) is 5.41 Å². The number of hydrazine groups is 1. The zero-order valence-corrected chi connectivity index (χ0v) is 12.9. The summed E-state index contributed by atoms with van der Waals surface area (Å²) in [6.45, 7) is 9.18. The first-order valence-corrected chi connectivity index (χ1v) is 7.19. The Morgan fingerprint density at radius 1 is 1.25 bits per heavy atom. The Bertz CT molecular complexity index is 410. The van der Waals surface area contributed by atoms with Gasteiger partial charge >= 0.3 is 0 Å². The van der Waals surface area contributed by atoms with E-state index in [0.717, 1.165) is 24.2 Å². The molecule has 0 amide bonds. The van der Waals surface area contributed by atoms with E-state index in [-0.39, 0.29) is 17.9 Å². The number of hydrogen-bond donors (Lipinski definition) is 4. The van der Waals surface area contributed by atoms with Crippen LogP contribution in [0.3, 0.4) is 0 Å². The molecule has 1 heterocycles. The molecule has 6 nitrogen and oxygen atoms in total. The number of anilines is 2. The van der Waals surface area contributed by atoms with Gasteiger partial charge in [-0.1, -0.05) is 27.7 Å². The molecule has 0 radical (unpaired) electrons. The Kier molecular flexibility index (Phi) is 6.16. The van der Waals surface area contributed by atoms with Crippen LogP contribution < -0.4 is 16.6 Å². The van der Waals surface area contributed by atoms with Crippen LogP contribution in [0.2, 0.25) is 0 Å². The van der Waals surface area contributed by atoms with Crippen molar-refractivity contribution in [2.24, 2.45) is 11.3 Å². The first-order chi connectivity index (χ1) is 9.53. The van der Waals surface area contributed by atoms with Crippen molar-refractivity contribution in [3.63, 3.8) is 0 Å². The predicted molar refractivity (Wildman–Crippen MR) is 82.5 cm³/mol. The van der Waals surface area contributed by atoms with E-state index in [9.17, 15) is 5.11 Å². The summed E-state index contributed by atoms with van der Waals surface area (Å²) < 4.78 is 0. The maximum Gasteiger partial charge on any atom is 0.148 e. The first kappa shape index (κ1) is 16.7. The predicted octanol–water partition coefficient (Wildman–Crippen LogP) is 2.10. The van der Waals surface area contributed by atoms with Crippen molar-refractivity contribution >= 4 is 11.6 Å². The van der Waals surface area contributed by atoms with Crippen molar-refractivity contribution in [2.75, 3.05) is 23.9 Å². The molecule has 0 aromatic carbocycles. The summed E-state index contributed by atoms with van der Waals surface area (Å²) in [5.41, 5.74) is 3.47. The van der Waals surface area contributed by atoms with E-state index in [2.05, 4.69) is 48.4 Å². The van der Waals surface area contributed by atoms with Gasteiger partial charge in [-0.05, 0) is 18.8 Å². The lowest BCUT2D eigenvalue weighted by Gasteiger charge is -2.30. The molecule has 0 atom stereocenters. The van der Waals surface area contributed by atoms with Gasteiger partial charge < -0.3 is 15.8 Å². The minimum Gasteiger partial charge on any atom is -0.396 e. The van der Waals surface area contributed by atoms with Crippen molar-refractivity contribution in [1.29, 1.82) is 0 Å². The molecular weight excluding hydrogens is 254 g/mol. The van der Waals surface area contributed by atoms with Crippen molar-refractivity contribution in [3.05, 3.63) is 11.9 Å². The van der Waals surface area contributed by atoms with Gasteiger partial charge in [0.25, 0.3) is 0 Å². The number of hydrogen-bond acceptors (Lipinski definition) is 6. The molecule has 0 aliphatic carbocycles. The highest BCUT2D eigenvalue weighted by Gasteiger charge is 2.26. The minimum atomic E-state index is -0.116. The average Bonchev–Trinajstić information content (AvgIpc) is 2.48. The Balaban J connectivity index is 2.98. The Morgan fingerprint density at radius 2 is 1.85 bits per heavy atom. The second-order valence-electron chi connectivity index (χ2n) is 5.50. The highest BCUT2D eigenvalue weighted by molar-refractivity contribution is 5.58. The molecule has 0 unspecified atom stereocenters. The van der Waals surface area contributed by atoms with Gasteiger partial charge in [-0.25, -0.2) is 15.8 Å². The quantitative estimate of drug-likeness (QED) is 0.430. The first-order valence-electron chi connectivity index (χ1n) is 7.19. The SMILES string of the molecule is CCC(CC)(CO)CNc1ncnc(NN)c1C(C)C. The molecule has 114 valence electrons. The number of nitrogens with two attached hydrogens (primary N) is 1. The van der Waals surface area contributed by atoms with Crippen LogP contribution in [-0.4, -0.2) is 28.2 Å². The molecule has 1 aromatic rings. The fourth-order valence-electron chi connectivity index (χ4n) is 2.25. The maximum atomic E-state index is 9.63. The molecule has 0 fully saturated rings. The fraction of sp³-hybridized carbons (Fsp3) is 0.714. The van der Waals surface area contributed by atoms with E-state index in [1.807, 2.05) is 0 Å². The smallest absolute Gasteiger partial charge is 0.148 e. The Morgan fingerprint density at radius 3 is 2.30 bits per heavy atom. The lowest BCUT2D eigenvalue weighted by Crippen LogP contribution is -2.33. The summed E-state index contributed by atoms with van der Waals surface area (Å²) in [6.07, 6.45) is 3.32. The van der Waals surface area contributed by atoms with E-state index in [1.165, 1.54) is 6.33 Å². The van der Waals surface area contributed by atoms with Crippen LogP contribution in [0.25, 0.3) is 0 Å². The Labute approximate surface area is 121 Å². The molecule has 6 heteroatoms. The van der Waals surface area contributed by atoms with E-state index in [0.29, 0.717) is 12.4 Å². The summed E-state index contributed by atoms with van der Waals surface area (Å²) in [5.74, 6) is 7.18. The summed E-state index contributed by atoms with van der Waals surface area (Å²) >= 11 is 0. The highest BCUT2D eigenvalue weighted by Crippen LogP contribution is 2.30. The van der Waals surface area contributed by atoms with Crippen LogP contribution in [0.5, 0.6) is 0 Å². The molecule has 1 rings (SSSR count). The summed E-state index contributed by atoms with van der Waals surface area (Å²) in [6, 6.07) is 0. The van der Waals surface area contributed by atoms with Gasteiger partial charge in [0.05, 0.1) is 6.61 Å². The zero-order valence-electron chi connectivity index (χ0n) is 12.9. The number of aromatic nitrogens is 2. The van der Waals surface area contributed by atoms with Crippen LogP contribution in [0.1, 0.15) is 52.0 Å². The van der Waals surface area contributed by atoms with Crippen molar-refractivity contribution < 1.29 is 5.11 Å². The van der Waals surface area contributed by atoms with E-state index in [4.69, 9.17) is 5.84 Å². The topological polar surface area (TPSA) is 96.1 Å². The number of aliphatic hydroxyl groups is 1. The van der Waals surface area contributed by atoms with Gasteiger partial charge in [0.15, 0.2) is 0 Å². The molecule has 0 saturated heterocycles. The number of aliphatic hydroxyl groups excluding tert-OH is 1. The highest BCUT2D eigenvalue weighted by atomic mass is 16.3. The average molecular weight is 281 g/mol. The van der Waals surface area contributed by atoms with Gasteiger partial charge in [-0.2, -0.15) is 0 Å². The molecular formula is C14H27N5O. The van der Waals surface area contributed by atoms with Gasteiger partial charge in [-0.3, -0.25) is 0 Å². The van der Waals surface area contributed by atoms with Crippen LogP contribution in [-0.2, 0) is 0 Å². The largest absolute Gasteiger partial charge is 0.396 e. The van der Waals surface area contributed by atoms with Crippen LogP contribution in [0.4, 0.5) is 11.6 Å². The molecule has 20 heavy (non-hydrogen) atoms. The number of rotatable bonds is 8. The molecule has 0 spiro atoms. The minimum absolute atomic E-state index is 0.116. The lowest BCUT2D eigenvalue weighted by molar-refractivity contribution is 0.127. The summed E-state index contributed by atoms with van der Waals surface area (Å²) in [7, 11) is 0.